The Morgan fingerprint density at radius 3 is 2.49 bits per heavy atom. The van der Waals surface area contributed by atoms with Crippen molar-refractivity contribution in [3.8, 4) is 11.8 Å². The Bertz CT molecular complexity index is 1570. The number of nitrogens with two attached hydrogens (primary N) is 1. The van der Waals surface area contributed by atoms with Crippen LogP contribution in [0.1, 0.15) is 72.6 Å². The number of aromatic nitrogens is 2. The first-order valence-electron chi connectivity index (χ1n) is 15.1. The van der Waals surface area contributed by atoms with Crippen molar-refractivity contribution < 1.29 is 23.9 Å². The predicted octanol–water partition coefficient (Wildman–Crippen LogP) is 5.23. The normalized spacial score (nSPS) is 10.9. The van der Waals surface area contributed by atoms with Crippen molar-refractivity contribution in [2.45, 2.75) is 60.4 Å². The molecule has 0 aliphatic carbocycles. The highest BCUT2D eigenvalue weighted by Gasteiger charge is 2.24. The molecule has 0 unspecified atom stereocenters. The van der Waals surface area contributed by atoms with Crippen molar-refractivity contribution in [2.75, 3.05) is 36.5 Å². The Morgan fingerprint density at radius 1 is 1.04 bits per heavy atom. The van der Waals surface area contributed by atoms with Crippen molar-refractivity contribution in [1.82, 2.24) is 9.78 Å². The molecular formula is C34H42N6O5. The van der Waals surface area contributed by atoms with Gasteiger partial charge in [-0.25, -0.2) is 9.48 Å². The highest BCUT2D eigenvalue weighted by Crippen LogP contribution is 2.22. The fourth-order valence-corrected chi connectivity index (χ4v) is 4.43. The molecule has 1 aromatic heterocycles. The summed E-state index contributed by atoms with van der Waals surface area (Å²) in [5.41, 5.74) is 10.4. The van der Waals surface area contributed by atoms with Crippen LogP contribution >= 0.6 is 0 Å². The Morgan fingerprint density at radius 2 is 1.80 bits per heavy atom. The molecule has 11 heteroatoms. The lowest BCUT2D eigenvalue weighted by Gasteiger charge is -2.24. The number of unbranched alkanes of at least 4 members (excludes halogenated alkanes) is 1. The summed E-state index contributed by atoms with van der Waals surface area (Å²) in [5.74, 6) is 6.44. The Hall–Kier alpha value is -5.11. The van der Waals surface area contributed by atoms with E-state index in [1.165, 1.54) is 0 Å². The van der Waals surface area contributed by atoms with Gasteiger partial charge in [-0.1, -0.05) is 25.2 Å². The second-order valence-electron chi connectivity index (χ2n) is 10.2. The number of esters is 1. The number of amides is 2. The Balaban J connectivity index is 1.68. The zero-order valence-electron chi connectivity index (χ0n) is 26.7. The minimum absolute atomic E-state index is 0.0700. The molecule has 3 N–H and O–H groups in total. The van der Waals surface area contributed by atoms with E-state index in [4.69, 9.17) is 15.2 Å². The summed E-state index contributed by atoms with van der Waals surface area (Å²) in [6, 6.07) is 12.7. The van der Waals surface area contributed by atoms with Crippen molar-refractivity contribution in [3.63, 3.8) is 0 Å². The van der Waals surface area contributed by atoms with Crippen molar-refractivity contribution in [2.24, 2.45) is 10.7 Å². The summed E-state index contributed by atoms with van der Waals surface area (Å²) in [6.07, 6.45) is 2.71. The second kappa shape index (κ2) is 17.3. The number of rotatable bonds is 13. The van der Waals surface area contributed by atoms with E-state index in [9.17, 15) is 14.4 Å². The minimum Gasteiger partial charge on any atom is -0.466 e. The van der Waals surface area contributed by atoms with E-state index in [1.807, 2.05) is 52.0 Å². The number of benzene rings is 2. The van der Waals surface area contributed by atoms with Gasteiger partial charge in [0.2, 0.25) is 0 Å². The predicted molar refractivity (Wildman–Crippen MR) is 176 cm³/mol. The van der Waals surface area contributed by atoms with Gasteiger partial charge in [-0.2, -0.15) is 10.1 Å². The lowest BCUT2D eigenvalue weighted by atomic mass is 9.99. The summed E-state index contributed by atoms with van der Waals surface area (Å²) in [7, 11) is 0. The van der Waals surface area contributed by atoms with E-state index in [-0.39, 0.29) is 37.3 Å². The number of hydrogen-bond acceptors (Lipinski definition) is 7. The molecule has 238 valence electrons. The largest absolute Gasteiger partial charge is 0.466 e. The van der Waals surface area contributed by atoms with Gasteiger partial charge in [-0.15, -0.1) is 0 Å². The van der Waals surface area contributed by atoms with E-state index in [0.29, 0.717) is 36.6 Å². The number of aryl methyl sites for hydroxylation is 3. The van der Waals surface area contributed by atoms with Gasteiger partial charge in [0.15, 0.2) is 0 Å². The van der Waals surface area contributed by atoms with Gasteiger partial charge < -0.3 is 20.5 Å². The Kier molecular flexibility index (Phi) is 13.2. The standard InChI is InChI=1S/C34H42N6O5/c1-6-9-21-45-34(43)38-32(35)26-12-14-28(15-13-26)36-18-10-11-27-22-25(5)29(23-24(27)4)33(42)39(20-17-31(41)44-8-3)30-16-19-37-40(30)7-2/h12-16,19,22-23,36H,6-9,17-18,20-21H2,1-5H3,(H2,35,38,43). The van der Waals surface area contributed by atoms with Crippen LogP contribution in [0.3, 0.4) is 0 Å². The van der Waals surface area contributed by atoms with Crippen molar-refractivity contribution in [3.05, 3.63) is 76.5 Å². The molecule has 0 bridgehead atoms. The number of ether oxygens (including phenoxy) is 2. The van der Waals surface area contributed by atoms with Gasteiger partial charge in [-0.3, -0.25) is 14.5 Å². The SMILES string of the molecule is CCCCOC(=O)N=C(N)c1ccc(NCC#Cc2cc(C)c(C(=O)N(CCC(=O)OCC)c3ccnn3CC)cc2C)cc1. The monoisotopic (exact) mass is 614 g/mol. The van der Waals surface area contributed by atoms with E-state index in [2.05, 4.69) is 27.2 Å². The Labute approximate surface area is 264 Å². The summed E-state index contributed by atoms with van der Waals surface area (Å²) in [4.78, 5) is 43.0. The van der Waals surface area contributed by atoms with Gasteiger partial charge in [-0.05, 0) is 81.6 Å². The van der Waals surface area contributed by atoms with Crippen LogP contribution in [0.5, 0.6) is 0 Å². The molecule has 2 aromatic carbocycles. The summed E-state index contributed by atoms with van der Waals surface area (Å²) < 4.78 is 11.8. The summed E-state index contributed by atoms with van der Waals surface area (Å²) in [5, 5.41) is 7.54. The number of hydrogen-bond donors (Lipinski definition) is 2. The third-order valence-corrected chi connectivity index (χ3v) is 6.88. The maximum Gasteiger partial charge on any atom is 0.435 e. The molecule has 3 aromatic rings. The van der Waals surface area contributed by atoms with Crippen molar-refractivity contribution >= 4 is 35.3 Å². The second-order valence-corrected chi connectivity index (χ2v) is 10.2. The topological polar surface area (TPSA) is 141 Å². The van der Waals surface area contributed by atoms with Gasteiger partial charge in [0.05, 0.1) is 32.4 Å². The number of nitrogens with one attached hydrogen (secondary N) is 1. The molecule has 0 atom stereocenters. The molecule has 0 saturated carbocycles. The average Bonchev–Trinajstić information content (AvgIpc) is 3.50. The van der Waals surface area contributed by atoms with Crippen molar-refractivity contribution in [1.29, 1.82) is 0 Å². The highest BCUT2D eigenvalue weighted by atomic mass is 16.5. The van der Waals surface area contributed by atoms with Crippen LogP contribution in [0, 0.1) is 25.7 Å². The summed E-state index contributed by atoms with van der Waals surface area (Å²) >= 11 is 0. The zero-order chi connectivity index (χ0) is 32.8. The van der Waals surface area contributed by atoms with Gasteiger partial charge in [0.1, 0.15) is 11.7 Å². The van der Waals surface area contributed by atoms with Crippen LogP contribution in [0.25, 0.3) is 0 Å². The summed E-state index contributed by atoms with van der Waals surface area (Å²) in [6.45, 7) is 11.2. The number of carbonyl (C=O) groups is 3. The molecule has 2 amide bonds. The van der Waals surface area contributed by atoms with Gasteiger partial charge in [0, 0.05) is 41.5 Å². The maximum absolute atomic E-state index is 13.8. The first-order chi connectivity index (χ1) is 21.7. The van der Waals surface area contributed by atoms with Crippen LogP contribution in [0.2, 0.25) is 0 Å². The number of carbonyl (C=O) groups excluding carboxylic acids is 3. The first kappa shape index (κ1) is 34.4. The van der Waals surface area contributed by atoms with E-state index < -0.39 is 6.09 Å². The van der Waals surface area contributed by atoms with Crippen LogP contribution < -0.4 is 16.0 Å². The molecule has 0 saturated heterocycles. The number of nitrogens with zero attached hydrogens (tertiary/aromatic N) is 4. The number of amidine groups is 1. The van der Waals surface area contributed by atoms with Crippen LogP contribution in [-0.2, 0) is 20.8 Å². The quantitative estimate of drug-likeness (QED) is 0.0877. The first-order valence-corrected chi connectivity index (χ1v) is 15.1. The van der Waals surface area contributed by atoms with Crippen LogP contribution in [0.15, 0.2) is 53.7 Å². The molecule has 1 heterocycles. The minimum atomic E-state index is -0.698. The van der Waals surface area contributed by atoms with Crippen LogP contribution in [0.4, 0.5) is 16.3 Å². The van der Waals surface area contributed by atoms with Gasteiger partial charge >= 0.3 is 12.1 Å². The third-order valence-electron chi connectivity index (χ3n) is 6.88. The number of anilines is 2. The van der Waals surface area contributed by atoms with Gasteiger partial charge in [0.25, 0.3) is 5.91 Å². The van der Waals surface area contributed by atoms with E-state index in [1.54, 1.807) is 40.9 Å². The molecule has 0 aliphatic rings. The average molecular weight is 615 g/mol. The molecule has 0 radical (unpaired) electrons. The zero-order valence-corrected chi connectivity index (χ0v) is 26.7. The number of aliphatic imine (C=N–C) groups is 1. The smallest absolute Gasteiger partial charge is 0.435 e. The molecule has 0 spiro atoms. The maximum atomic E-state index is 13.8. The van der Waals surface area contributed by atoms with Crippen LogP contribution in [-0.4, -0.2) is 59.9 Å². The fraction of sp³-hybridized carbons (Fsp3) is 0.382. The fourth-order valence-electron chi connectivity index (χ4n) is 4.43. The molecule has 3 rings (SSSR count). The molecule has 45 heavy (non-hydrogen) atoms. The molecule has 0 fully saturated rings. The highest BCUT2D eigenvalue weighted by molar-refractivity contribution is 6.07. The molecule has 11 nitrogen and oxygen atoms in total. The molecule has 0 aliphatic heterocycles. The lowest BCUT2D eigenvalue weighted by Crippen LogP contribution is -2.35. The van der Waals surface area contributed by atoms with E-state index in [0.717, 1.165) is 35.2 Å². The molecular weight excluding hydrogens is 572 g/mol. The third kappa shape index (κ3) is 9.96. The lowest BCUT2D eigenvalue weighted by molar-refractivity contribution is -0.142. The van der Waals surface area contributed by atoms with E-state index >= 15 is 0 Å².